The van der Waals surface area contributed by atoms with Crippen molar-refractivity contribution in [2.75, 3.05) is 0 Å². The number of benzene rings is 14. The van der Waals surface area contributed by atoms with Crippen molar-refractivity contribution in [1.82, 2.24) is 0 Å². The molecule has 74 heavy (non-hydrogen) atoms. The second-order valence-corrected chi connectivity index (χ2v) is 23.5. The molecule has 0 N–H and O–H groups in total. The second kappa shape index (κ2) is 17.5. The number of fused-ring (bicyclic) bond motifs is 9. The van der Waals surface area contributed by atoms with E-state index in [0.29, 0.717) is 0 Å². The van der Waals surface area contributed by atoms with Crippen molar-refractivity contribution in [3.05, 3.63) is 261 Å². The van der Waals surface area contributed by atoms with E-state index >= 15 is 0 Å². The summed E-state index contributed by atoms with van der Waals surface area (Å²) in [4.78, 5) is 0. The van der Waals surface area contributed by atoms with Crippen molar-refractivity contribution in [3.8, 4) is 77.9 Å². The minimum absolute atomic E-state index is 0.566. The summed E-state index contributed by atoms with van der Waals surface area (Å²) in [5, 5.41) is 15.0. The van der Waals surface area contributed by atoms with Gasteiger partial charge in [0.25, 0.3) is 0 Å². The average molecular weight is 1050 g/mol. The number of hydrogen-bond donors (Lipinski definition) is 0. The van der Waals surface area contributed by atoms with Crippen molar-refractivity contribution in [3.63, 3.8) is 0 Å². The summed E-state index contributed by atoms with van der Waals surface area (Å²) in [5.41, 5.74) is 17.8. The fourth-order valence-electron chi connectivity index (χ4n) is 12.4. The van der Waals surface area contributed by atoms with Gasteiger partial charge in [-0.1, -0.05) is 72.8 Å². The van der Waals surface area contributed by atoms with Crippen molar-refractivity contribution in [2.24, 2.45) is 0 Å². The topological polar surface area (TPSA) is 0 Å². The monoisotopic (exact) mass is 1060 g/mol. The quantitative estimate of drug-likeness (QED) is 0.115. The molecule has 0 unspecified atom stereocenters. The molecule has 0 nitrogen and oxygen atoms in total. The van der Waals surface area contributed by atoms with Crippen LogP contribution in [0.2, 0.25) is 0 Å². The van der Waals surface area contributed by atoms with Gasteiger partial charge in [-0.2, -0.15) is 0 Å². The Kier molecular flexibility index (Phi) is 10.2. The third-order valence-electron chi connectivity index (χ3n) is 15.7. The van der Waals surface area contributed by atoms with Crippen LogP contribution in [0.1, 0.15) is 0 Å². The van der Waals surface area contributed by atoms with E-state index in [1.807, 2.05) is 0 Å². The van der Waals surface area contributed by atoms with Crippen LogP contribution in [0.3, 0.4) is 0 Å². The fraction of sp³-hybridized carbons (Fsp3) is 0. The van der Waals surface area contributed by atoms with Crippen molar-refractivity contribution in [1.29, 1.82) is 0 Å². The number of hydrogen-bond acceptors (Lipinski definition) is 0. The van der Waals surface area contributed by atoms with Gasteiger partial charge in [0.1, 0.15) is 0 Å². The third kappa shape index (κ3) is 6.82. The summed E-state index contributed by atoms with van der Waals surface area (Å²) in [6.45, 7) is 0. The molecule has 14 aromatic rings. The van der Waals surface area contributed by atoms with Gasteiger partial charge < -0.3 is 0 Å². The standard InChI is InChI=1S/C72H43Ge2/c73-68-39-7-5-25-51(68)47-22-9-21-46(41-47)50-27-12-33-58-64(50)42-67-56(62-37-16-38-63-57-26-6-8-40-69(57)74-72(62)63)32-15-36-61(67)70(58)71-59-34-13-30-54(52-28-10-19-44-17-1-3-23-48(44)52)65(59)43-66-55(31-14-35-60(66)71)53-29-11-20-45-18-2-4-24-49(45)53/h1-43H. The van der Waals surface area contributed by atoms with E-state index in [9.17, 15) is 0 Å². The predicted molar refractivity (Wildman–Crippen MR) is 320 cm³/mol. The normalized spacial score (nSPS) is 12.1. The molecule has 2 heteroatoms. The molecular formula is C72H43Ge2. The van der Waals surface area contributed by atoms with Gasteiger partial charge in [-0.25, -0.2) is 0 Å². The molecule has 0 atom stereocenters. The van der Waals surface area contributed by atoms with Crippen LogP contribution in [-0.4, -0.2) is 31.9 Å². The molecule has 1 aliphatic heterocycles. The summed E-state index contributed by atoms with van der Waals surface area (Å²) < 4.78 is 4.32. The molecule has 0 amide bonds. The van der Waals surface area contributed by atoms with Crippen LogP contribution in [0.25, 0.3) is 143 Å². The Hall–Kier alpha value is -8.27. The molecule has 0 saturated heterocycles. The molecule has 0 aromatic heterocycles. The summed E-state index contributed by atoms with van der Waals surface area (Å²) in [5.74, 6) is 0. The maximum absolute atomic E-state index is 2.54. The van der Waals surface area contributed by atoms with Crippen LogP contribution in [0.15, 0.2) is 261 Å². The third-order valence-corrected chi connectivity index (χ3v) is 19.8. The first kappa shape index (κ1) is 43.3. The van der Waals surface area contributed by atoms with Gasteiger partial charge in [0, 0.05) is 0 Å². The van der Waals surface area contributed by atoms with E-state index in [2.05, 4.69) is 277 Å². The van der Waals surface area contributed by atoms with Gasteiger partial charge in [-0.05, 0) is 10.8 Å². The van der Waals surface area contributed by atoms with E-state index in [4.69, 9.17) is 0 Å². The molecule has 0 saturated carbocycles. The van der Waals surface area contributed by atoms with E-state index < -0.39 is 15.4 Å². The zero-order chi connectivity index (χ0) is 48.9. The maximum atomic E-state index is 2.54. The molecule has 0 aliphatic carbocycles. The molecular weight excluding hydrogens is 1010 g/mol. The Morgan fingerprint density at radius 3 is 1.14 bits per heavy atom. The zero-order valence-corrected chi connectivity index (χ0v) is 44.5. The van der Waals surface area contributed by atoms with Gasteiger partial charge in [0.05, 0.1) is 0 Å². The first-order chi connectivity index (χ1) is 36.6. The molecule has 339 valence electrons. The van der Waals surface area contributed by atoms with Crippen LogP contribution in [0, 0.1) is 0 Å². The van der Waals surface area contributed by atoms with Crippen molar-refractivity contribution >= 4 is 110 Å². The van der Waals surface area contributed by atoms with Crippen LogP contribution in [0.5, 0.6) is 0 Å². The molecule has 1 heterocycles. The van der Waals surface area contributed by atoms with Crippen LogP contribution < -0.4 is 13.2 Å². The number of rotatable bonds is 6. The molecule has 1 aliphatic rings. The summed E-state index contributed by atoms with van der Waals surface area (Å²) in [6.07, 6.45) is 0. The zero-order valence-electron chi connectivity index (χ0n) is 40.3. The Balaban J connectivity index is 1.11. The molecule has 0 bridgehead atoms. The van der Waals surface area contributed by atoms with Gasteiger partial charge >= 0.3 is 365 Å². The van der Waals surface area contributed by atoms with Gasteiger partial charge in [0.15, 0.2) is 0 Å². The van der Waals surface area contributed by atoms with E-state index in [0.717, 1.165) is 0 Å². The van der Waals surface area contributed by atoms with Crippen molar-refractivity contribution < 1.29 is 0 Å². The Morgan fingerprint density at radius 1 is 0.230 bits per heavy atom. The van der Waals surface area contributed by atoms with Crippen LogP contribution >= 0.6 is 0 Å². The first-order valence-electron chi connectivity index (χ1n) is 25.5. The fourth-order valence-corrected chi connectivity index (χ4v) is 16.3. The van der Waals surface area contributed by atoms with Gasteiger partial charge in [-0.15, -0.1) is 0 Å². The molecule has 14 aromatic carbocycles. The van der Waals surface area contributed by atoms with Gasteiger partial charge in [-0.3, -0.25) is 0 Å². The average Bonchev–Trinajstić information content (AvgIpc) is 3.88. The predicted octanol–water partition coefficient (Wildman–Crippen LogP) is 17.0. The second-order valence-electron chi connectivity index (χ2n) is 19.7. The molecule has 15 rings (SSSR count). The Morgan fingerprint density at radius 2 is 0.568 bits per heavy atom. The van der Waals surface area contributed by atoms with Crippen LogP contribution in [0.4, 0.5) is 0 Å². The SMILES string of the molecule is [Ge][c]1ccccc1-c1cccc(-c2cccc3c(-c4c5cccc(-c6cccc7ccccc67)c5cc5c(-c6cccc7ccccc67)cccc45)c4cccc(-c5cccc6[c]5[Ge][c]5ccccc5-6)c4cc23)c1. The van der Waals surface area contributed by atoms with E-state index in [-0.39, 0.29) is 0 Å². The Bertz CT molecular complexity index is 4510. The first-order valence-corrected chi connectivity index (χ1v) is 28.6. The Labute approximate surface area is 445 Å². The summed E-state index contributed by atoms with van der Waals surface area (Å²) in [6, 6.07) is 98.5. The summed E-state index contributed by atoms with van der Waals surface area (Å²) >= 11 is 1.65. The van der Waals surface area contributed by atoms with Crippen LogP contribution in [-0.2, 0) is 0 Å². The van der Waals surface area contributed by atoms with E-state index in [1.54, 1.807) is 0 Å². The van der Waals surface area contributed by atoms with Gasteiger partial charge in [0.2, 0.25) is 0 Å². The van der Waals surface area contributed by atoms with E-state index in [1.165, 1.54) is 156 Å². The molecule has 0 spiro atoms. The van der Waals surface area contributed by atoms with Crippen molar-refractivity contribution in [2.45, 2.75) is 0 Å². The summed E-state index contributed by atoms with van der Waals surface area (Å²) in [7, 11) is 0. The molecule has 0 fully saturated rings. The molecule has 5 radical (unpaired) electrons. The minimum atomic E-state index is -0.566.